The van der Waals surface area contributed by atoms with Crippen molar-refractivity contribution < 1.29 is 9.59 Å². The molecule has 6 heteroatoms. The van der Waals surface area contributed by atoms with E-state index in [1.165, 1.54) is 0 Å². The predicted octanol–water partition coefficient (Wildman–Crippen LogP) is 2.18. The first-order valence-corrected chi connectivity index (χ1v) is 6.57. The molecule has 0 fully saturated rings. The van der Waals surface area contributed by atoms with Crippen molar-refractivity contribution in [2.75, 3.05) is 4.90 Å². The second-order valence-corrected chi connectivity index (χ2v) is 5.13. The number of aryl methyl sites for hydroxylation is 1. The lowest BCUT2D eigenvalue weighted by Gasteiger charge is -2.13. The first-order valence-electron chi connectivity index (χ1n) is 6.20. The number of rotatable bonds is 1. The second kappa shape index (κ2) is 4.42. The minimum absolute atomic E-state index is 0.0781. The summed E-state index contributed by atoms with van der Waals surface area (Å²) in [7, 11) is 0. The summed E-state index contributed by atoms with van der Waals surface area (Å²) in [6.45, 7) is 1.75. The largest absolute Gasteiger partial charge is 0.268 e. The van der Waals surface area contributed by atoms with Crippen molar-refractivity contribution in [2.45, 2.75) is 32.6 Å². The molecule has 0 spiro atoms. The average Bonchev–Trinajstić information content (AvgIpc) is 2.61. The standard InChI is InChI=1S/C13H12ClN3O2/c1-7-6-10(14)16-13(15-7)17-11(18)8-4-2-3-5-9(8)12(17)19/h6H,2-5H2,1H3. The molecule has 0 unspecified atom stereocenters. The van der Waals surface area contributed by atoms with Crippen LogP contribution in [0.25, 0.3) is 0 Å². The first kappa shape index (κ1) is 12.3. The monoisotopic (exact) mass is 277 g/mol. The Morgan fingerprint density at radius 1 is 1.11 bits per heavy atom. The Kier molecular flexibility index (Phi) is 2.86. The van der Waals surface area contributed by atoms with Gasteiger partial charge in [-0.15, -0.1) is 0 Å². The lowest BCUT2D eigenvalue weighted by Crippen LogP contribution is -2.33. The van der Waals surface area contributed by atoms with Gasteiger partial charge in [0.15, 0.2) is 0 Å². The number of hydrogen-bond donors (Lipinski definition) is 0. The summed E-state index contributed by atoms with van der Waals surface area (Å²) in [5.41, 5.74) is 1.87. The van der Waals surface area contributed by atoms with E-state index >= 15 is 0 Å². The van der Waals surface area contributed by atoms with E-state index in [1.54, 1.807) is 13.0 Å². The third kappa shape index (κ3) is 1.94. The Bertz CT molecular complexity index is 576. The first-order chi connectivity index (χ1) is 9.08. The topological polar surface area (TPSA) is 63.2 Å². The molecule has 1 aliphatic heterocycles. The highest BCUT2D eigenvalue weighted by Gasteiger charge is 2.41. The van der Waals surface area contributed by atoms with Crippen LogP contribution in [-0.4, -0.2) is 21.8 Å². The zero-order chi connectivity index (χ0) is 13.6. The number of carbonyl (C=O) groups is 2. The fraction of sp³-hybridized carbons (Fsp3) is 0.385. The van der Waals surface area contributed by atoms with Gasteiger partial charge in [0.05, 0.1) is 0 Å². The number of carbonyl (C=O) groups excluding carboxylic acids is 2. The van der Waals surface area contributed by atoms with E-state index < -0.39 is 0 Å². The summed E-state index contributed by atoms with van der Waals surface area (Å²) in [4.78, 5) is 33.8. The van der Waals surface area contributed by atoms with Crippen molar-refractivity contribution in [3.05, 3.63) is 28.1 Å². The molecular formula is C13H12ClN3O2. The lowest BCUT2D eigenvalue weighted by molar-refractivity contribution is -0.120. The highest BCUT2D eigenvalue weighted by atomic mass is 35.5. The molecule has 2 heterocycles. The van der Waals surface area contributed by atoms with Gasteiger partial charge in [-0.05, 0) is 38.7 Å². The number of amides is 2. The average molecular weight is 278 g/mol. The van der Waals surface area contributed by atoms with Gasteiger partial charge in [0.1, 0.15) is 5.15 Å². The van der Waals surface area contributed by atoms with Crippen LogP contribution in [0.4, 0.5) is 5.95 Å². The van der Waals surface area contributed by atoms with Gasteiger partial charge >= 0.3 is 0 Å². The quantitative estimate of drug-likeness (QED) is 0.583. The molecule has 0 saturated heterocycles. The molecule has 0 saturated carbocycles. The molecule has 1 aliphatic carbocycles. The maximum absolute atomic E-state index is 12.3. The van der Waals surface area contributed by atoms with Crippen molar-refractivity contribution in [1.29, 1.82) is 0 Å². The van der Waals surface area contributed by atoms with Crippen LogP contribution in [0.2, 0.25) is 5.15 Å². The molecule has 0 N–H and O–H groups in total. The van der Waals surface area contributed by atoms with Crippen LogP contribution in [0.1, 0.15) is 31.4 Å². The number of hydrogen-bond acceptors (Lipinski definition) is 4. The zero-order valence-electron chi connectivity index (χ0n) is 10.4. The summed E-state index contributed by atoms with van der Waals surface area (Å²) in [6.07, 6.45) is 3.22. The molecule has 2 amide bonds. The molecule has 3 rings (SSSR count). The van der Waals surface area contributed by atoms with Crippen molar-refractivity contribution in [3.8, 4) is 0 Å². The molecule has 0 atom stereocenters. The molecule has 1 aromatic heterocycles. The number of halogens is 1. The number of anilines is 1. The van der Waals surface area contributed by atoms with Gasteiger partial charge in [-0.3, -0.25) is 9.59 Å². The van der Waals surface area contributed by atoms with E-state index in [4.69, 9.17) is 11.6 Å². The van der Waals surface area contributed by atoms with Gasteiger partial charge < -0.3 is 0 Å². The zero-order valence-corrected chi connectivity index (χ0v) is 11.2. The third-order valence-electron chi connectivity index (χ3n) is 3.40. The minimum atomic E-state index is -0.290. The van der Waals surface area contributed by atoms with E-state index in [0.29, 0.717) is 29.7 Å². The van der Waals surface area contributed by atoms with Gasteiger partial charge in [0, 0.05) is 16.8 Å². The molecule has 0 bridgehead atoms. The molecule has 5 nitrogen and oxygen atoms in total. The Labute approximate surface area is 115 Å². The summed E-state index contributed by atoms with van der Waals surface area (Å²) in [5, 5.41) is 0.230. The van der Waals surface area contributed by atoms with Crippen LogP contribution in [-0.2, 0) is 9.59 Å². The van der Waals surface area contributed by atoms with E-state index in [9.17, 15) is 9.59 Å². The van der Waals surface area contributed by atoms with Gasteiger partial charge in [-0.2, -0.15) is 0 Å². The van der Waals surface area contributed by atoms with Crippen LogP contribution in [0, 0.1) is 6.92 Å². The van der Waals surface area contributed by atoms with E-state index in [-0.39, 0.29) is 22.9 Å². The minimum Gasteiger partial charge on any atom is -0.268 e. The maximum Gasteiger partial charge on any atom is 0.264 e. The van der Waals surface area contributed by atoms with Crippen molar-refractivity contribution >= 4 is 29.4 Å². The van der Waals surface area contributed by atoms with Gasteiger partial charge in [-0.25, -0.2) is 14.9 Å². The summed E-state index contributed by atoms with van der Waals surface area (Å²) in [6, 6.07) is 1.59. The summed E-state index contributed by atoms with van der Waals surface area (Å²) in [5.74, 6) is -0.503. The summed E-state index contributed by atoms with van der Waals surface area (Å²) < 4.78 is 0. The molecule has 98 valence electrons. The maximum atomic E-state index is 12.3. The van der Waals surface area contributed by atoms with Crippen LogP contribution in [0.5, 0.6) is 0 Å². The van der Waals surface area contributed by atoms with Crippen molar-refractivity contribution in [3.63, 3.8) is 0 Å². The fourth-order valence-corrected chi connectivity index (χ4v) is 2.77. The van der Waals surface area contributed by atoms with Crippen molar-refractivity contribution in [1.82, 2.24) is 9.97 Å². The van der Waals surface area contributed by atoms with Crippen molar-refractivity contribution in [2.24, 2.45) is 0 Å². The normalized spacial score (nSPS) is 19.2. The van der Waals surface area contributed by atoms with E-state index in [1.807, 2.05) is 0 Å². The SMILES string of the molecule is Cc1cc(Cl)nc(N2C(=O)C3=C(CCCC3)C2=O)n1. The highest BCUT2D eigenvalue weighted by molar-refractivity contribution is 6.33. The smallest absolute Gasteiger partial charge is 0.264 e. The number of nitrogens with zero attached hydrogens (tertiary/aromatic N) is 3. The van der Waals surface area contributed by atoms with Crippen LogP contribution in [0.3, 0.4) is 0 Å². The second-order valence-electron chi connectivity index (χ2n) is 4.74. The molecule has 2 aliphatic rings. The van der Waals surface area contributed by atoms with E-state index in [0.717, 1.165) is 17.7 Å². The third-order valence-corrected chi connectivity index (χ3v) is 3.60. The number of aromatic nitrogens is 2. The molecule has 19 heavy (non-hydrogen) atoms. The Hall–Kier alpha value is -1.75. The summed E-state index contributed by atoms with van der Waals surface area (Å²) >= 11 is 5.86. The Morgan fingerprint density at radius 2 is 1.68 bits per heavy atom. The number of imide groups is 1. The fourth-order valence-electron chi connectivity index (χ4n) is 2.54. The van der Waals surface area contributed by atoms with Gasteiger partial charge in [-0.1, -0.05) is 11.6 Å². The predicted molar refractivity (Wildman–Crippen MR) is 69.8 cm³/mol. The Morgan fingerprint density at radius 3 is 2.21 bits per heavy atom. The molecular weight excluding hydrogens is 266 g/mol. The van der Waals surface area contributed by atoms with Crippen LogP contribution in [0.15, 0.2) is 17.2 Å². The van der Waals surface area contributed by atoms with Crippen LogP contribution < -0.4 is 4.90 Å². The van der Waals surface area contributed by atoms with Gasteiger partial charge in [0.2, 0.25) is 5.95 Å². The lowest BCUT2D eigenvalue weighted by atomic mass is 9.93. The van der Waals surface area contributed by atoms with E-state index in [2.05, 4.69) is 9.97 Å². The van der Waals surface area contributed by atoms with Gasteiger partial charge in [0.25, 0.3) is 11.8 Å². The molecule has 0 radical (unpaired) electrons. The van der Waals surface area contributed by atoms with Crippen LogP contribution >= 0.6 is 11.6 Å². The Balaban J connectivity index is 2.04. The molecule has 0 aromatic carbocycles. The highest BCUT2D eigenvalue weighted by Crippen LogP contribution is 2.34. The molecule has 1 aromatic rings.